The van der Waals surface area contributed by atoms with E-state index in [0.717, 1.165) is 45.5 Å². The standard InChI is InChI=1S/C24H20N4/c1-5-17-13-18(6-1)26-20-8-3-10-22(15-20)28-24-12-4-11-23(16-24)27-21-9-2-7-19(14-21)25-17/h1-16,25-28H. The van der Waals surface area contributed by atoms with Crippen molar-refractivity contribution < 1.29 is 0 Å². The van der Waals surface area contributed by atoms with Crippen LogP contribution >= 0.6 is 0 Å². The van der Waals surface area contributed by atoms with Crippen LogP contribution in [0.4, 0.5) is 45.5 Å². The minimum Gasteiger partial charge on any atom is -0.355 e. The highest BCUT2D eigenvalue weighted by atomic mass is 14.9. The molecule has 4 aromatic carbocycles. The minimum absolute atomic E-state index is 1.03. The van der Waals surface area contributed by atoms with Crippen LogP contribution in [0.3, 0.4) is 0 Å². The van der Waals surface area contributed by atoms with Gasteiger partial charge in [-0.15, -0.1) is 0 Å². The van der Waals surface area contributed by atoms with Gasteiger partial charge in [0, 0.05) is 45.5 Å². The van der Waals surface area contributed by atoms with Crippen molar-refractivity contribution in [3.63, 3.8) is 0 Å². The Kier molecular flexibility index (Phi) is 4.07. The van der Waals surface area contributed by atoms with E-state index in [0.29, 0.717) is 0 Å². The van der Waals surface area contributed by atoms with Crippen molar-refractivity contribution in [3.8, 4) is 0 Å². The fourth-order valence-electron chi connectivity index (χ4n) is 3.37. The second-order valence-corrected chi connectivity index (χ2v) is 6.82. The van der Waals surface area contributed by atoms with Crippen LogP contribution in [0, 0.1) is 0 Å². The Labute approximate surface area is 164 Å². The third kappa shape index (κ3) is 3.62. The smallest absolute Gasteiger partial charge is 0.0405 e. The molecule has 1 heterocycles. The highest BCUT2D eigenvalue weighted by molar-refractivity contribution is 5.75. The first-order valence-corrected chi connectivity index (χ1v) is 9.29. The lowest BCUT2D eigenvalue weighted by atomic mass is 10.2. The summed E-state index contributed by atoms with van der Waals surface area (Å²) in [5.74, 6) is 0. The Hall–Kier alpha value is -3.92. The van der Waals surface area contributed by atoms with Gasteiger partial charge in [-0.2, -0.15) is 0 Å². The second kappa shape index (κ2) is 7.00. The predicted octanol–water partition coefficient (Wildman–Crippen LogP) is 6.97. The van der Waals surface area contributed by atoms with Crippen LogP contribution in [0.5, 0.6) is 0 Å². The molecule has 0 fully saturated rings. The van der Waals surface area contributed by atoms with Crippen molar-refractivity contribution in [1.82, 2.24) is 0 Å². The Morgan fingerprint density at radius 2 is 0.464 bits per heavy atom. The van der Waals surface area contributed by atoms with Crippen molar-refractivity contribution in [3.05, 3.63) is 97.1 Å². The molecule has 0 saturated heterocycles. The van der Waals surface area contributed by atoms with Gasteiger partial charge in [-0.25, -0.2) is 0 Å². The largest absolute Gasteiger partial charge is 0.355 e. The van der Waals surface area contributed by atoms with E-state index in [-0.39, 0.29) is 0 Å². The van der Waals surface area contributed by atoms with Crippen LogP contribution in [0.1, 0.15) is 0 Å². The molecule has 1 aliphatic rings. The van der Waals surface area contributed by atoms with E-state index in [1.807, 2.05) is 24.3 Å². The van der Waals surface area contributed by atoms with E-state index >= 15 is 0 Å². The zero-order valence-corrected chi connectivity index (χ0v) is 15.2. The van der Waals surface area contributed by atoms with Crippen molar-refractivity contribution in [2.24, 2.45) is 0 Å². The third-order valence-corrected chi connectivity index (χ3v) is 4.60. The van der Waals surface area contributed by atoms with Gasteiger partial charge < -0.3 is 21.3 Å². The highest BCUT2D eigenvalue weighted by Gasteiger charge is 2.04. The molecule has 8 bridgehead atoms. The number of benzene rings is 4. The fraction of sp³-hybridized carbons (Fsp3) is 0. The summed E-state index contributed by atoms with van der Waals surface area (Å²) in [5, 5.41) is 13.9. The van der Waals surface area contributed by atoms with E-state index in [1.54, 1.807) is 0 Å². The molecule has 0 saturated carbocycles. The molecule has 28 heavy (non-hydrogen) atoms. The second-order valence-electron chi connectivity index (χ2n) is 6.82. The number of nitrogens with one attached hydrogen (secondary N) is 4. The monoisotopic (exact) mass is 364 g/mol. The molecule has 4 heteroatoms. The van der Waals surface area contributed by atoms with E-state index < -0.39 is 0 Å². The van der Waals surface area contributed by atoms with Crippen molar-refractivity contribution in [2.75, 3.05) is 21.3 Å². The number of hydrogen-bond acceptors (Lipinski definition) is 4. The first-order valence-electron chi connectivity index (χ1n) is 9.29. The molecule has 0 spiro atoms. The Balaban J connectivity index is 1.60. The van der Waals surface area contributed by atoms with Gasteiger partial charge in [-0.1, -0.05) is 24.3 Å². The number of hydrogen-bond donors (Lipinski definition) is 4. The first kappa shape index (κ1) is 16.3. The number of anilines is 8. The molecular weight excluding hydrogens is 344 g/mol. The zero-order chi connectivity index (χ0) is 18.8. The summed E-state index contributed by atoms with van der Waals surface area (Å²) < 4.78 is 0. The fourth-order valence-corrected chi connectivity index (χ4v) is 3.37. The average molecular weight is 364 g/mol. The van der Waals surface area contributed by atoms with E-state index in [1.165, 1.54) is 0 Å². The quantitative estimate of drug-likeness (QED) is 0.239. The van der Waals surface area contributed by atoms with Crippen LogP contribution in [0.25, 0.3) is 0 Å². The lowest BCUT2D eigenvalue weighted by Crippen LogP contribution is -1.97. The summed E-state index contributed by atoms with van der Waals surface area (Å²) in [7, 11) is 0. The van der Waals surface area contributed by atoms with Crippen molar-refractivity contribution >= 4 is 45.5 Å². The zero-order valence-electron chi connectivity index (χ0n) is 15.2. The average Bonchev–Trinajstić information content (AvgIpc) is 2.69. The Bertz CT molecular complexity index is 886. The van der Waals surface area contributed by atoms with Gasteiger partial charge in [0.15, 0.2) is 0 Å². The first-order chi connectivity index (χ1) is 13.8. The van der Waals surface area contributed by atoms with Crippen LogP contribution in [0.2, 0.25) is 0 Å². The van der Waals surface area contributed by atoms with Gasteiger partial charge in [0.2, 0.25) is 0 Å². The minimum atomic E-state index is 1.03. The summed E-state index contributed by atoms with van der Waals surface area (Å²) >= 11 is 0. The van der Waals surface area contributed by atoms with Crippen LogP contribution in [-0.2, 0) is 0 Å². The normalized spacial score (nSPS) is 12.0. The van der Waals surface area contributed by atoms with Crippen LogP contribution in [0.15, 0.2) is 97.1 Å². The molecule has 4 aromatic rings. The summed E-state index contributed by atoms with van der Waals surface area (Å²) in [5.41, 5.74) is 8.26. The molecule has 0 amide bonds. The van der Waals surface area contributed by atoms with Crippen LogP contribution < -0.4 is 21.3 Å². The number of rotatable bonds is 0. The highest BCUT2D eigenvalue weighted by Crippen LogP contribution is 2.29. The summed E-state index contributed by atoms with van der Waals surface area (Å²) in [6.07, 6.45) is 0. The molecule has 0 aliphatic carbocycles. The lowest BCUT2D eigenvalue weighted by Gasteiger charge is -2.15. The van der Waals surface area contributed by atoms with Crippen molar-refractivity contribution in [2.45, 2.75) is 0 Å². The Morgan fingerprint density at radius 1 is 0.286 bits per heavy atom. The predicted molar refractivity (Wildman–Crippen MR) is 119 cm³/mol. The van der Waals surface area contributed by atoms with E-state index in [2.05, 4.69) is 94.1 Å². The molecule has 5 rings (SSSR count). The molecule has 136 valence electrons. The molecule has 4 N–H and O–H groups in total. The maximum absolute atomic E-state index is 3.49. The summed E-state index contributed by atoms with van der Waals surface area (Å²) in [6, 6.07) is 33.1. The van der Waals surface area contributed by atoms with Gasteiger partial charge in [0.25, 0.3) is 0 Å². The molecule has 0 aromatic heterocycles. The van der Waals surface area contributed by atoms with E-state index in [9.17, 15) is 0 Å². The summed E-state index contributed by atoms with van der Waals surface area (Å²) in [6.45, 7) is 0. The molecule has 0 atom stereocenters. The molecule has 4 nitrogen and oxygen atoms in total. The van der Waals surface area contributed by atoms with Gasteiger partial charge in [0.05, 0.1) is 0 Å². The maximum Gasteiger partial charge on any atom is 0.0405 e. The van der Waals surface area contributed by atoms with Crippen LogP contribution in [-0.4, -0.2) is 0 Å². The lowest BCUT2D eigenvalue weighted by molar-refractivity contribution is 1.48. The molecule has 0 radical (unpaired) electrons. The number of fused-ring (bicyclic) bond motifs is 8. The topological polar surface area (TPSA) is 48.1 Å². The SMILES string of the molecule is c1cc2cc(c1)Nc1cccc(c1)Nc1cccc(c1)Nc1cccc(c1)N2. The Morgan fingerprint density at radius 3 is 0.643 bits per heavy atom. The van der Waals surface area contributed by atoms with Gasteiger partial charge >= 0.3 is 0 Å². The van der Waals surface area contributed by atoms with E-state index in [4.69, 9.17) is 0 Å². The van der Waals surface area contributed by atoms with Gasteiger partial charge in [-0.05, 0) is 72.8 Å². The maximum atomic E-state index is 3.49. The molecule has 0 unspecified atom stereocenters. The summed E-state index contributed by atoms with van der Waals surface area (Å²) in [4.78, 5) is 0. The molecule has 1 aliphatic heterocycles. The van der Waals surface area contributed by atoms with Crippen molar-refractivity contribution in [1.29, 1.82) is 0 Å². The third-order valence-electron chi connectivity index (χ3n) is 4.60. The molecular formula is C24H20N4. The van der Waals surface area contributed by atoms with Gasteiger partial charge in [-0.3, -0.25) is 0 Å². The van der Waals surface area contributed by atoms with Gasteiger partial charge in [0.1, 0.15) is 0 Å².